The van der Waals surface area contributed by atoms with E-state index in [1.165, 1.54) is 12.1 Å². The van der Waals surface area contributed by atoms with Crippen LogP contribution < -0.4 is 10.6 Å². The van der Waals surface area contributed by atoms with E-state index in [0.29, 0.717) is 6.42 Å². The Hall–Kier alpha value is -3.06. The average Bonchev–Trinajstić information content (AvgIpc) is 2.67. The maximum atomic E-state index is 12.5. The normalized spacial score (nSPS) is 12.6. The van der Waals surface area contributed by atoms with Crippen LogP contribution >= 0.6 is 0 Å². The van der Waals surface area contributed by atoms with Crippen molar-refractivity contribution in [2.24, 2.45) is 0 Å². The number of amides is 2. The summed E-state index contributed by atoms with van der Waals surface area (Å²) in [5, 5.41) is 17.5. The highest BCUT2D eigenvalue weighted by atomic mass is 19.4. The number of carbonyl (C=O) groups is 1. The number of hydrogen-bond acceptors (Lipinski definition) is 2. The zero-order chi connectivity index (χ0) is 20.1. The first kappa shape index (κ1) is 19.7. The van der Waals surface area contributed by atoms with Crippen LogP contribution in [0, 0.1) is 0 Å². The second kappa shape index (κ2) is 8.31. The predicted molar refractivity (Wildman–Crippen MR) is 102 cm³/mol. The van der Waals surface area contributed by atoms with Gasteiger partial charge in [-0.05, 0) is 47.0 Å². The number of alkyl halides is 3. The van der Waals surface area contributed by atoms with Crippen molar-refractivity contribution in [2.45, 2.75) is 18.7 Å². The quantitative estimate of drug-likeness (QED) is 0.569. The van der Waals surface area contributed by atoms with E-state index in [0.717, 1.165) is 28.5 Å². The molecule has 0 unspecified atom stereocenters. The Labute approximate surface area is 160 Å². The third-order valence-electron chi connectivity index (χ3n) is 4.36. The summed E-state index contributed by atoms with van der Waals surface area (Å²) in [4.78, 5) is 11.9. The molecule has 4 nitrogen and oxygen atoms in total. The summed E-state index contributed by atoms with van der Waals surface area (Å²) in [5.74, 6) is 0. The Morgan fingerprint density at radius 3 is 2.36 bits per heavy atom. The number of carbonyl (C=O) groups excluding carboxylic acids is 1. The molecule has 3 rings (SSSR count). The van der Waals surface area contributed by atoms with Gasteiger partial charge in [0.15, 0.2) is 0 Å². The van der Waals surface area contributed by atoms with Gasteiger partial charge in [-0.1, -0.05) is 42.5 Å². The lowest BCUT2D eigenvalue weighted by Crippen LogP contribution is -2.30. The highest BCUT2D eigenvalue weighted by Gasteiger charge is 2.29. The zero-order valence-electron chi connectivity index (χ0n) is 14.8. The highest BCUT2D eigenvalue weighted by molar-refractivity contribution is 5.89. The Kier molecular flexibility index (Phi) is 5.84. The molecule has 0 aliphatic rings. The number of anilines is 1. The van der Waals surface area contributed by atoms with Crippen LogP contribution in [0.25, 0.3) is 10.8 Å². The molecule has 0 heterocycles. The van der Waals surface area contributed by atoms with E-state index in [4.69, 9.17) is 0 Å². The molecule has 0 aromatic heterocycles. The lowest BCUT2D eigenvalue weighted by Gasteiger charge is -2.15. The van der Waals surface area contributed by atoms with Gasteiger partial charge >= 0.3 is 12.2 Å². The van der Waals surface area contributed by atoms with Gasteiger partial charge in [0.05, 0.1) is 11.7 Å². The molecule has 0 aliphatic heterocycles. The van der Waals surface area contributed by atoms with Gasteiger partial charge in [-0.15, -0.1) is 0 Å². The summed E-state index contributed by atoms with van der Waals surface area (Å²) in [6, 6.07) is 17.0. The lowest BCUT2D eigenvalue weighted by atomic mass is 9.99. The summed E-state index contributed by atoms with van der Waals surface area (Å²) in [7, 11) is 0. The number of hydrogen-bond donors (Lipinski definition) is 3. The van der Waals surface area contributed by atoms with Crippen molar-refractivity contribution in [1.29, 1.82) is 0 Å². The van der Waals surface area contributed by atoms with Crippen LogP contribution in [0.3, 0.4) is 0 Å². The van der Waals surface area contributed by atoms with Crippen molar-refractivity contribution in [3.8, 4) is 0 Å². The van der Waals surface area contributed by atoms with E-state index in [9.17, 15) is 23.1 Å². The minimum atomic E-state index is -4.42. The summed E-state index contributed by atoms with van der Waals surface area (Å²) < 4.78 is 37.6. The first-order valence-electron chi connectivity index (χ1n) is 8.72. The van der Waals surface area contributed by atoms with Crippen LogP contribution in [0.1, 0.15) is 23.7 Å². The van der Waals surface area contributed by atoms with E-state index in [-0.39, 0.29) is 12.2 Å². The molecule has 0 saturated heterocycles. The fourth-order valence-corrected chi connectivity index (χ4v) is 2.94. The summed E-state index contributed by atoms with van der Waals surface area (Å²) in [5.41, 5.74) is 0.250. The second-order valence-electron chi connectivity index (χ2n) is 6.33. The Morgan fingerprint density at radius 2 is 1.64 bits per heavy atom. The number of benzene rings is 3. The molecule has 3 aromatic rings. The van der Waals surface area contributed by atoms with Gasteiger partial charge in [0.1, 0.15) is 0 Å². The van der Waals surface area contributed by atoms with Crippen LogP contribution in [0.15, 0.2) is 66.7 Å². The van der Waals surface area contributed by atoms with E-state index in [1.807, 2.05) is 42.5 Å². The second-order valence-corrected chi connectivity index (χ2v) is 6.33. The summed E-state index contributed by atoms with van der Waals surface area (Å²) in [6.45, 7) is 0.205. The molecule has 3 N–H and O–H groups in total. The minimum Gasteiger partial charge on any atom is -0.388 e. The van der Waals surface area contributed by atoms with Gasteiger partial charge in [-0.2, -0.15) is 13.2 Å². The molecule has 28 heavy (non-hydrogen) atoms. The van der Waals surface area contributed by atoms with E-state index in [2.05, 4.69) is 10.6 Å². The van der Waals surface area contributed by atoms with Gasteiger partial charge in [0, 0.05) is 12.2 Å². The van der Waals surface area contributed by atoms with Crippen LogP contribution in [0.2, 0.25) is 0 Å². The lowest BCUT2D eigenvalue weighted by molar-refractivity contribution is -0.137. The molecule has 0 radical (unpaired) electrons. The van der Waals surface area contributed by atoms with Crippen molar-refractivity contribution >= 4 is 22.5 Å². The largest absolute Gasteiger partial charge is 0.416 e. The van der Waals surface area contributed by atoms with Gasteiger partial charge in [-0.3, -0.25) is 0 Å². The fraction of sp³-hybridized carbons (Fsp3) is 0.190. The Balaban J connectivity index is 1.52. The van der Waals surface area contributed by atoms with Crippen LogP contribution in [0.4, 0.5) is 23.7 Å². The number of rotatable bonds is 5. The van der Waals surface area contributed by atoms with Gasteiger partial charge < -0.3 is 15.7 Å². The van der Waals surface area contributed by atoms with E-state index < -0.39 is 23.9 Å². The summed E-state index contributed by atoms with van der Waals surface area (Å²) in [6.07, 6.45) is -4.87. The third-order valence-corrected chi connectivity index (χ3v) is 4.36. The monoisotopic (exact) mass is 388 g/mol. The highest BCUT2D eigenvalue weighted by Crippen LogP contribution is 2.30. The molecule has 0 bridgehead atoms. The number of fused-ring (bicyclic) bond motifs is 1. The first-order valence-corrected chi connectivity index (χ1v) is 8.72. The van der Waals surface area contributed by atoms with E-state index >= 15 is 0 Å². The fourth-order valence-electron chi connectivity index (χ4n) is 2.94. The van der Waals surface area contributed by atoms with Gasteiger partial charge in [-0.25, -0.2) is 4.79 Å². The Morgan fingerprint density at radius 1 is 0.964 bits per heavy atom. The molecule has 3 aromatic carbocycles. The minimum absolute atomic E-state index is 0.205. The molecule has 1 atom stereocenters. The van der Waals surface area contributed by atoms with Crippen molar-refractivity contribution in [2.75, 3.05) is 11.9 Å². The number of halogens is 3. The number of urea groups is 1. The standard InChI is InChI=1S/C21H19F3N2O2/c22-21(23,24)15-8-10-16(11-9-15)26-20(28)25-13-12-19(27)18-7-3-5-14-4-1-2-6-17(14)18/h1-11,19,27H,12-13H2,(H2,25,26,28)/t19-/m0/s1. The van der Waals surface area contributed by atoms with Crippen molar-refractivity contribution in [1.82, 2.24) is 5.32 Å². The smallest absolute Gasteiger partial charge is 0.388 e. The topological polar surface area (TPSA) is 61.4 Å². The zero-order valence-corrected chi connectivity index (χ0v) is 14.8. The summed E-state index contributed by atoms with van der Waals surface area (Å²) >= 11 is 0. The molecule has 0 saturated carbocycles. The molecule has 7 heteroatoms. The molecule has 0 spiro atoms. The first-order chi connectivity index (χ1) is 13.3. The maximum absolute atomic E-state index is 12.5. The number of nitrogens with one attached hydrogen (secondary N) is 2. The SMILES string of the molecule is O=C(NCC[C@H](O)c1cccc2ccccc12)Nc1ccc(C(F)(F)F)cc1. The third kappa shape index (κ3) is 4.80. The molecular formula is C21H19F3N2O2. The van der Waals surface area contributed by atoms with Crippen LogP contribution in [0.5, 0.6) is 0 Å². The number of aliphatic hydroxyl groups excluding tert-OH is 1. The van der Waals surface area contributed by atoms with Crippen molar-refractivity contribution in [3.63, 3.8) is 0 Å². The van der Waals surface area contributed by atoms with Gasteiger partial charge in [0.25, 0.3) is 0 Å². The van der Waals surface area contributed by atoms with E-state index in [1.54, 1.807) is 0 Å². The molecule has 0 aliphatic carbocycles. The van der Waals surface area contributed by atoms with Gasteiger partial charge in [0.2, 0.25) is 0 Å². The molecule has 2 amide bonds. The molecule has 0 fully saturated rings. The number of aliphatic hydroxyl groups is 1. The maximum Gasteiger partial charge on any atom is 0.416 e. The van der Waals surface area contributed by atoms with Crippen LogP contribution in [-0.2, 0) is 6.18 Å². The Bertz CT molecular complexity index is 951. The molecular weight excluding hydrogens is 369 g/mol. The van der Waals surface area contributed by atoms with Crippen LogP contribution in [-0.4, -0.2) is 17.7 Å². The van der Waals surface area contributed by atoms with Crippen molar-refractivity contribution in [3.05, 3.63) is 77.9 Å². The molecule has 146 valence electrons. The predicted octanol–water partition coefficient (Wildman–Crippen LogP) is 5.10. The average molecular weight is 388 g/mol. The van der Waals surface area contributed by atoms with Crippen molar-refractivity contribution < 1.29 is 23.1 Å².